The van der Waals surface area contributed by atoms with Crippen LogP contribution in [0, 0.1) is 0 Å². The predicted molar refractivity (Wildman–Crippen MR) is 66.7 cm³/mol. The smallest absolute Gasteiger partial charge is 0.119 e. The minimum atomic E-state index is 0.280. The van der Waals surface area contributed by atoms with Gasteiger partial charge >= 0.3 is 0 Å². The van der Waals surface area contributed by atoms with Gasteiger partial charge in [-0.1, -0.05) is 55.5 Å². The van der Waals surface area contributed by atoms with Crippen LogP contribution in [0.15, 0.2) is 54.6 Å². The second-order valence-electron chi connectivity index (χ2n) is 3.93. The molecule has 0 heterocycles. The molecular weight excluding hydrogens is 196 g/mol. The van der Waals surface area contributed by atoms with Crippen molar-refractivity contribution < 1.29 is 5.11 Å². The van der Waals surface area contributed by atoms with Gasteiger partial charge in [0.1, 0.15) is 5.75 Å². The van der Waals surface area contributed by atoms with Crippen LogP contribution in [0.1, 0.15) is 30.4 Å². The molecule has 0 aliphatic rings. The van der Waals surface area contributed by atoms with Crippen LogP contribution in [0.4, 0.5) is 0 Å². The summed E-state index contributed by atoms with van der Waals surface area (Å²) in [5.41, 5.74) is 2.27. The molecule has 0 spiro atoms. The lowest BCUT2D eigenvalue weighted by atomic mass is 9.89. The standard InChI is InChI=1S/C15H16O/c1-2-13(12-8-4-3-5-9-12)14-10-6-7-11-15(14)16/h3-11,13,16H,2H2,1H3/t13-/m1/s1. The van der Waals surface area contributed by atoms with E-state index in [9.17, 15) is 5.11 Å². The molecular formula is C15H16O. The van der Waals surface area contributed by atoms with Crippen LogP contribution in [-0.4, -0.2) is 5.11 Å². The van der Waals surface area contributed by atoms with E-state index in [0.29, 0.717) is 5.75 Å². The summed E-state index contributed by atoms with van der Waals surface area (Å²) in [6.45, 7) is 2.14. The van der Waals surface area contributed by atoms with Gasteiger partial charge in [0.15, 0.2) is 0 Å². The van der Waals surface area contributed by atoms with E-state index in [1.165, 1.54) is 5.56 Å². The molecule has 1 atom stereocenters. The van der Waals surface area contributed by atoms with Crippen molar-refractivity contribution in [3.05, 3.63) is 65.7 Å². The second-order valence-corrected chi connectivity index (χ2v) is 3.93. The van der Waals surface area contributed by atoms with Gasteiger partial charge in [-0.05, 0) is 18.1 Å². The van der Waals surface area contributed by atoms with Crippen molar-refractivity contribution in [3.63, 3.8) is 0 Å². The molecule has 1 N–H and O–H groups in total. The van der Waals surface area contributed by atoms with E-state index in [4.69, 9.17) is 0 Å². The fourth-order valence-electron chi connectivity index (χ4n) is 2.10. The first kappa shape index (κ1) is 10.7. The third-order valence-corrected chi connectivity index (χ3v) is 2.92. The van der Waals surface area contributed by atoms with E-state index in [1.807, 2.05) is 36.4 Å². The van der Waals surface area contributed by atoms with Gasteiger partial charge in [-0.25, -0.2) is 0 Å². The molecule has 0 aliphatic heterocycles. The molecule has 1 nitrogen and oxygen atoms in total. The Labute approximate surface area is 96.4 Å². The maximum Gasteiger partial charge on any atom is 0.119 e. The maximum atomic E-state index is 9.87. The minimum absolute atomic E-state index is 0.280. The Morgan fingerprint density at radius 2 is 1.56 bits per heavy atom. The summed E-state index contributed by atoms with van der Waals surface area (Å²) in [6.07, 6.45) is 0.988. The Bertz CT molecular complexity index is 448. The molecule has 0 aliphatic carbocycles. The van der Waals surface area contributed by atoms with Crippen LogP contribution in [0.3, 0.4) is 0 Å². The Kier molecular flexibility index (Phi) is 3.25. The Hall–Kier alpha value is -1.76. The van der Waals surface area contributed by atoms with Crippen molar-refractivity contribution in [3.8, 4) is 5.75 Å². The van der Waals surface area contributed by atoms with Gasteiger partial charge < -0.3 is 5.11 Å². The molecule has 16 heavy (non-hydrogen) atoms. The van der Waals surface area contributed by atoms with E-state index in [2.05, 4.69) is 19.1 Å². The largest absolute Gasteiger partial charge is 0.508 e. The lowest BCUT2D eigenvalue weighted by molar-refractivity contribution is 0.464. The Morgan fingerprint density at radius 3 is 2.19 bits per heavy atom. The van der Waals surface area contributed by atoms with E-state index < -0.39 is 0 Å². The minimum Gasteiger partial charge on any atom is -0.508 e. The molecule has 0 bridgehead atoms. The molecule has 1 heteroatoms. The van der Waals surface area contributed by atoms with Crippen molar-refractivity contribution in [2.24, 2.45) is 0 Å². The third-order valence-electron chi connectivity index (χ3n) is 2.92. The Morgan fingerprint density at radius 1 is 0.938 bits per heavy atom. The molecule has 2 aromatic rings. The van der Waals surface area contributed by atoms with E-state index in [-0.39, 0.29) is 5.92 Å². The number of phenols is 1. The molecule has 0 saturated heterocycles. The van der Waals surface area contributed by atoms with Gasteiger partial charge in [0.05, 0.1) is 0 Å². The van der Waals surface area contributed by atoms with Gasteiger partial charge in [0.2, 0.25) is 0 Å². The lowest BCUT2D eigenvalue weighted by Crippen LogP contribution is -1.99. The van der Waals surface area contributed by atoms with Gasteiger partial charge in [-0.3, -0.25) is 0 Å². The molecule has 2 aromatic carbocycles. The molecule has 0 saturated carbocycles. The van der Waals surface area contributed by atoms with E-state index in [0.717, 1.165) is 12.0 Å². The summed E-state index contributed by atoms with van der Waals surface area (Å²) in [5, 5.41) is 9.87. The summed E-state index contributed by atoms with van der Waals surface area (Å²) in [7, 11) is 0. The molecule has 0 unspecified atom stereocenters. The van der Waals surface area contributed by atoms with E-state index in [1.54, 1.807) is 6.07 Å². The summed E-state index contributed by atoms with van der Waals surface area (Å²) < 4.78 is 0. The zero-order valence-corrected chi connectivity index (χ0v) is 9.43. The third kappa shape index (κ3) is 2.08. The fraction of sp³-hybridized carbons (Fsp3) is 0.200. The number of phenolic OH excluding ortho intramolecular Hbond substituents is 1. The van der Waals surface area contributed by atoms with Crippen LogP contribution in [-0.2, 0) is 0 Å². The normalized spacial score (nSPS) is 12.3. The zero-order chi connectivity index (χ0) is 11.4. The van der Waals surface area contributed by atoms with Crippen LogP contribution in [0.5, 0.6) is 5.75 Å². The number of benzene rings is 2. The summed E-state index contributed by atoms with van der Waals surface area (Å²) in [5.74, 6) is 0.667. The Balaban J connectivity index is 2.41. The highest BCUT2D eigenvalue weighted by atomic mass is 16.3. The first-order chi connectivity index (χ1) is 7.83. The van der Waals surface area contributed by atoms with Crippen molar-refractivity contribution in [1.29, 1.82) is 0 Å². The summed E-state index contributed by atoms with van der Waals surface area (Å²) in [4.78, 5) is 0. The SMILES string of the molecule is CC[C@H](c1ccccc1)c1ccccc1O. The fourth-order valence-corrected chi connectivity index (χ4v) is 2.10. The van der Waals surface area contributed by atoms with Gasteiger partial charge in [-0.2, -0.15) is 0 Å². The van der Waals surface area contributed by atoms with Crippen molar-refractivity contribution >= 4 is 0 Å². The highest BCUT2D eigenvalue weighted by Gasteiger charge is 2.14. The average molecular weight is 212 g/mol. The van der Waals surface area contributed by atoms with Crippen molar-refractivity contribution in [1.82, 2.24) is 0 Å². The molecule has 82 valence electrons. The summed E-state index contributed by atoms with van der Waals surface area (Å²) in [6, 6.07) is 17.9. The summed E-state index contributed by atoms with van der Waals surface area (Å²) >= 11 is 0. The molecule has 0 aromatic heterocycles. The molecule has 2 rings (SSSR count). The quantitative estimate of drug-likeness (QED) is 0.817. The first-order valence-corrected chi connectivity index (χ1v) is 5.65. The zero-order valence-electron chi connectivity index (χ0n) is 9.43. The van der Waals surface area contributed by atoms with Crippen LogP contribution >= 0.6 is 0 Å². The maximum absolute atomic E-state index is 9.87. The van der Waals surface area contributed by atoms with Gasteiger partial charge in [-0.15, -0.1) is 0 Å². The molecule has 0 radical (unpaired) electrons. The highest BCUT2D eigenvalue weighted by molar-refractivity contribution is 5.40. The monoisotopic (exact) mass is 212 g/mol. The van der Waals surface area contributed by atoms with Gasteiger partial charge in [0, 0.05) is 11.5 Å². The molecule has 0 fully saturated rings. The lowest BCUT2D eigenvalue weighted by Gasteiger charge is -2.16. The predicted octanol–water partition coefficient (Wildman–Crippen LogP) is 3.93. The van der Waals surface area contributed by atoms with Crippen molar-refractivity contribution in [2.45, 2.75) is 19.3 Å². The first-order valence-electron chi connectivity index (χ1n) is 5.65. The van der Waals surface area contributed by atoms with Crippen LogP contribution in [0.2, 0.25) is 0 Å². The number of para-hydroxylation sites is 1. The van der Waals surface area contributed by atoms with Crippen LogP contribution in [0.25, 0.3) is 0 Å². The van der Waals surface area contributed by atoms with E-state index >= 15 is 0 Å². The van der Waals surface area contributed by atoms with Crippen LogP contribution < -0.4 is 0 Å². The number of aromatic hydroxyl groups is 1. The van der Waals surface area contributed by atoms with Crippen molar-refractivity contribution in [2.75, 3.05) is 0 Å². The number of hydrogen-bond acceptors (Lipinski definition) is 1. The average Bonchev–Trinajstić information content (AvgIpc) is 2.34. The number of hydrogen-bond donors (Lipinski definition) is 1. The number of rotatable bonds is 3. The topological polar surface area (TPSA) is 20.2 Å². The second kappa shape index (κ2) is 4.84. The highest BCUT2D eigenvalue weighted by Crippen LogP contribution is 2.33. The van der Waals surface area contributed by atoms with Gasteiger partial charge in [0.25, 0.3) is 0 Å². The molecule has 0 amide bonds.